The van der Waals surface area contributed by atoms with Crippen molar-refractivity contribution in [2.45, 2.75) is 51.5 Å². The third-order valence-corrected chi connectivity index (χ3v) is 4.78. The molecular formula is C13H29ClN2O3S. The maximum atomic E-state index is 11.6. The number of halogens is 1. The van der Waals surface area contributed by atoms with E-state index < -0.39 is 10.0 Å². The van der Waals surface area contributed by atoms with Gasteiger partial charge in [0.15, 0.2) is 0 Å². The molecule has 0 aromatic rings. The van der Waals surface area contributed by atoms with Gasteiger partial charge in [0, 0.05) is 25.7 Å². The van der Waals surface area contributed by atoms with Crippen molar-refractivity contribution in [2.24, 2.45) is 0 Å². The number of nitrogens with one attached hydrogen (secondary N) is 2. The minimum Gasteiger partial charge on any atom is -0.381 e. The molecule has 0 aromatic heterocycles. The average molecular weight is 329 g/mol. The predicted molar refractivity (Wildman–Crippen MR) is 85.0 cm³/mol. The van der Waals surface area contributed by atoms with Gasteiger partial charge in [0.2, 0.25) is 10.0 Å². The standard InChI is InChI=1S/C13H28N2O3S.ClH/c1-2-18-11-12-19(16,17)15-10-9-14-13-7-5-3-4-6-8-13;/h13-15H,2-12H2,1H3;1H. The number of sulfonamides is 1. The van der Waals surface area contributed by atoms with Crippen molar-refractivity contribution in [3.63, 3.8) is 0 Å². The summed E-state index contributed by atoms with van der Waals surface area (Å²) in [7, 11) is -3.18. The van der Waals surface area contributed by atoms with Crippen LogP contribution in [0.5, 0.6) is 0 Å². The highest BCUT2D eigenvalue weighted by Crippen LogP contribution is 2.16. The molecule has 7 heteroatoms. The van der Waals surface area contributed by atoms with E-state index in [1.54, 1.807) is 0 Å². The van der Waals surface area contributed by atoms with Gasteiger partial charge in [-0.15, -0.1) is 12.4 Å². The third-order valence-electron chi connectivity index (χ3n) is 3.44. The van der Waals surface area contributed by atoms with E-state index in [0.29, 0.717) is 25.7 Å². The Balaban J connectivity index is 0.00000361. The van der Waals surface area contributed by atoms with Crippen LogP contribution in [0.2, 0.25) is 0 Å². The highest BCUT2D eigenvalue weighted by molar-refractivity contribution is 7.89. The monoisotopic (exact) mass is 328 g/mol. The third kappa shape index (κ3) is 9.94. The molecule has 0 amide bonds. The van der Waals surface area contributed by atoms with Gasteiger partial charge in [0.1, 0.15) is 0 Å². The molecule has 2 N–H and O–H groups in total. The summed E-state index contributed by atoms with van der Waals surface area (Å²) in [4.78, 5) is 0. The Morgan fingerprint density at radius 3 is 2.35 bits per heavy atom. The summed E-state index contributed by atoms with van der Waals surface area (Å²) in [5.41, 5.74) is 0. The second-order valence-corrected chi connectivity index (χ2v) is 6.98. The molecular weight excluding hydrogens is 300 g/mol. The van der Waals surface area contributed by atoms with E-state index in [2.05, 4.69) is 10.0 Å². The Labute approximate surface area is 129 Å². The van der Waals surface area contributed by atoms with Crippen molar-refractivity contribution in [2.75, 3.05) is 32.1 Å². The van der Waals surface area contributed by atoms with Gasteiger partial charge < -0.3 is 10.1 Å². The topological polar surface area (TPSA) is 67.4 Å². The Morgan fingerprint density at radius 2 is 1.75 bits per heavy atom. The van der Waals surface area contributed by atoms with Crippen LogP contribution in [0.3, 0.4) is 0 Å². The molecule has 0 unspecified atom stereocenters. The van der Waals surface area contributed by atoms with E-state index in [4.69, 9.17) is 4.74 Å². The second-order valence-electron chi connectivity index (χ2n) is 5.05. The number of rotatable bonds is 9. The SMILES string of the molecule is CCOCCS(=O)(=O)NCCNC1CCCCCC1.Cl. The second kappa shape index (κ2) is 11.7. The van der Waals surface area contributed by atoms with Crippen molar-refractivity contribution in [3.05, 3.63) is 0 Å². The smallest absolute Gasteiger partial charge is 0.213 e. The lowest BCUT2D eigenvalue weighted by Crippen LogP contribution is -2.38. The van der Waals surface area contributed by atoms with E-state index in [0.717, 1.165) is 0 Å². The van der Waals surface area contributed by atoms with Crippen LogP contribution in [0.15, 0.2) is 0 Å². The van der Waals surface area contributed by atoms with Crippen LogP contribution in [0, 0.1) is 0 Å². The van der Waals surface area contributed by atoms with Crippen LogP contribution in [0.1, 0.15) is 45.4 Å². The number of hydrogen-bond donors (Lipinski definition) is 2. The van der Waals surface area contributed by atoms with Crippen LogP contribution < -0.4 is 10.0 Å². The van der Waals surface area contributed by atoms with Crippen molar-refractivity contribution in [1.29, 1.82) is 0 Å². The molecule has 1 fully saturated rings. The van der Waals surface area contributed by atoms with E-state index in [-0.39, 0.29) is 24.8 Å². The zero-order valence-corrected chi connectivity index (χ0v) is 14.0. The van der Waals surface area contributed by atoms with E-state index in [1.165, 1.54) is 38.5 Å². The molecule has 0 saturated heterocycles. The molecule has 1 aliphatic carbocycles. The zero-order chi connectivity index (χ0) is 14.0. The highest BCUT2D eigenvalue weighted by Gasteiger charge is 2.12. The molecule has 5 nitrogen and oxygen atoms in total. The van der Waals surface area contributed by atoms with Gasteiger partial charge in [0.25, 0.3) is 0 Å². The first kappa shape index (κ1) is 20.1. The number of ether oxygens (including phenoxy) is 1. The van der Waals surface area contributed by atoms with Crippen LogP contribution in [0.25, 0.3) is 0 Å². The molecule has 122 valence electrons. The first-order valence-corrected chi connectivity index (χ1v) is 9.08. The first-order valence-electron chi connectivity index (χ1n) is 7.42. The van der Waals surface area contributed by atoms with Gasteiger partial charge in [-0.3, -0.25) is 0 Å². The van der Waals surface area contributed by atoms with Crippen LogP contribution in [0.4, 0.5) is 0 Å². The summed E-state index contributed by atoms with van der Waals surface area (Å²) in [5.74, 6) is 0.0459. The quantitative estimate of drug-likeness (QED) is 0.499. The minimum atomic E-state index is -3.18. The maximum absolute atomic E-state index is 11.6. The van der Waals surface area contributed by atoms with E-state index in [9.17, 15) is 8.42 Å². The maximum Gasteiger partial charge on any atom is 0.213 e. The molecule has 0 atom stereocenters. The summed E-state index contributed by atoms with van der Waals surface area (Å²) >= 11 is 0. The molecule has 0 heterocycles. The van der Waals surface area contributed by atoms with Gasteiger partial charge >= 0.3 is 0 Å². The minimum absolute atomic E-state index is 0. The van der Waals surface area contributed by atoms with Crippen molar-refractivity contribution >= 4 is 22.4 Å². The van der Waals surface area contributed by atoms with Crippen LogP contribution in [-0.4, -0.2) is 46.5 Å². The molecule has 20 heavy (non-hydrogen) atoms. The lowest BCUT2D eigenvalue weighted by Gasteiger charge is -2.16. The Kier molecular flexibility index (Phi) is 11.8. The average Bonchev–Trinajstić information content (AvgIpc) is 2.63. The molecule has 0 aromatic carbocycles. The van der Waals surface area contributed by atoms with Crippen molar-refractivity contribution in [3.8, 4) is 0 Å². The fourth-order valence-corrected chi connectivity index (χ4v) is 3.25. The van der Waals surface area contributed by atoms with Gasteiger partial charge in [0.05, 0.1) is 12.4 Å². The Bertz CT molecular complexity index is 318. The predicted octanol–water partition coefficient (Wildman–Crippen LogP) is 1.68. The Morgan fingerprint density at radius 1 is 1.10 bits per heavy atom. The Hall–Kier alpha value is 0.120. The van der Waals surface area contributed by atoms with E-state index in [1.807, 2.05) is 6.92 Å². The van der Waals surface area contributed by atoms with Gasteiger partial charge in [-0.2, -0.15) is 0 Å². The van der Waals surface area contributed by atoms with Crippen molar-refractivity contribution < 1.29 is 13.2 Å². The zero-order valence-electron chi connectivity index (χ0n) is 12.4. The van der Waals surface area contributed by atoms with Crippen molar-refractivity contribution in [1.82, 2.24) is 10.0 Å². The van der Waals surface area contributed by atoms with Gasteiger partial charge in [-0.1, -0.05) is 25.7 Å². The molecule has 0 radical (unpaired) electrons. The lowest BCUT2D eigenvalue weighted by atomic mass is 10.1. The van der Waals surface area contributed by atoms with Crippen LogP contribution >= 0.6 is 12.4 Å². The van der Waals surface area contributed by atoms with E-state index >= 15 is 0 Å². The summed E-state index contributed by atoms with van der Waals surface area (Å²) in [6, 6.07) is 0.565. The fraction of sp³-hybridized carbons (Fsp3) is 1.00. The summed E-state index contributed by atoms with van der Waals surface area (Å²) in [6.07, 6.45) is 7.69. The summed E-state index contributed by atoms with van der Waals surface area (Å²) < 4.78 is 30.8. The lowest BCUT2D eigenvalue weighted by molar-refractivity contribution is 0.163. The molecule has 0 bridgehead atoms. The van der Waals surface area contributed by atoms with Crippen LogP contribution in [-0.2, 0) is 14.8 Å². The highest BCUT2D eigenvalue weighted by atomic mass is 35.5. The molecule has 1 saturated carbocycles. The normalized spacial score (nSPS) is 17.4. The molecule has 1 rings (SSSR count). The number of hydrogen-bond acceptors (Lipinski definition) is 4. The molecule has 0 aliphatic heterocycles. The van der Waals surface area contributed by atoms with Gasteiger partial charge in [-0.05, 0) is 19.8 Å². The molecule has 0 spiro atoms. The summed E-state index contributed by atoms with van der Waals surface area (Å²) in [5, 5.41) is 3.44. The largest absolute Gasteiger partial charge is 0.381 e. The van der Waals surface area contributed by atoms with Gasteiger partial charge in [-0.25, -0.2) is 13.1 Å². The fourth-order valence-electron chi connectivity index (χ4n) is 2.35. The first-order chi connectivity index (χ1) is 9.14. The molecule has 1 aliphatic rings. The summed E-state index contributed by atoms with van der Waals surface area (Å²) in [6.45, 7) is 3.85.